The number of rotatable bonds is 39. The number of fused-ring (bicyclic) bond motifs is 3. The van der Waals surface area contributed by atoms with Gasteiger partial charge in [0.1, 0.15) is 36.3 Å². The lowest BCUT2D eigenvalue weighted by molar-refractivity contribution is -0.145. The molecule has 0 aromatic rings. The Balaban J connectivity index is 0.000000211. The molecule has 13 N–H and O–H groups in total. The Morgan fingerprint density at radius 2 is 0.811 bits per heavy atom. The number of likely N-dealkylation sites (tertiary alicyclic amines) is 3. The fraction of sp³-hybridized carbons (Fsp3) is 0.838. The van der Waals surface area contributed by atoms with Crippen molar-refractivity contribution >= 4 is 119 Å². The summed E-state index contributed by atoms with van der Waals surface area (Å²) in [7, 11) is -8.90. The van der Waals surface area contributed by atoms with E-state index in [9.17, 15) is 97.2 Å². The zero-order valence-corrected chi connectivity index (χ0v) is 94.3. The molecular formula is C105H177N19O21S3. The van der Waals surface area contributed by atoms with Crippen LogP contribution in [-0.4, -0.2) is 315 Å². The van der Waals surface area contributed by atoms with Crippen molar-refractivity contribution < 1.29 is 97.2 Å². The van der Waals surface area contributed by atoms with Gasteiger partial charge in [-0.1, -0.05) is 221 Å². The number of nitrogens with one attached hydrogen (secondary N) is 11. The van der Waals surface area contributed by atoms with Crippen molar-refractivity contribution in [1.82, 2.24) is 90.4 Å². The number of nitrogens with zero attached hydrogens (tertiary/aromatic N) is 7. The van der Waals surface area contributed by atoms with Gasteiger partial charge < -0.3 is 78.9 Å². The molecule has 6 saturated heterocycles. The van der Waals surface area contributed by atoms with Crippen molar-refractivity contribution in [3.63, 3.8) is 0 Å². The second-order valence-electron chi connectivity index (χ2n) is 50.6. The first-order valence-corrected chi connectivity index (χ1v) is 59.3. The molecule has 13 fully saturated rings. The first kappa shape index (κ1) is 120. The molecule has 7 aliphatic carbocycles. The highest BCUT2D eigenvalue weighted by Gasteiger charge is 2.73. The van der Waals surface area contributed by atoms with Gasteiger partial charge in [-0.2, -0.15) is 25.6 Å². The Morgan fingerprint density at radius 3 is 1.22 bits per heavy atom. The van der Waals surface area contributed by atoms with Crippen LogP contribution in [0.15, 0.2) is 12.7 Å². The van der Waals surface area contributed by atoms with Crippen LogP contribution >= 0.6 is 0 Å². The van der Waals surface area contributed by atoms with Crippen LogP contribution in [0.5, 0.6) is 0 Å². The van der Waals surface area contributed by atoms with Gasteiger partial charge in [-0.3, -0.25) is 57.5 Å². The van der Waals surface area contributed by atoms with Crippen molar-refractivity contribution in [3.8, 4) is 0 Å². The lowest BCUT2D eigenvalue weighted by Gasteiger charge is -2.40. The van der Waals surface area contributed by atoms with Crippen LogP contribution in [0.25, 0.3) is 0 Å². The smallest absolute Gasteiger partial charge is 0.315 e. The Bertz CT molecular complexity index is 5220. The Hall–Kier alpha value is -8.52. The number of Topliss-reactive ketones (excluding diaryl/α,β-unsaturated/α-hetero) is 3. The van der Waals surface area contributed by atoms with Crippen molar-refractivity contribution in [2.45, 2.75) is 365 Å². The summed E-state index contributed by atoms with van der Waals surface area (Å²) < 4.78 is 82.5. The van der Waals surface area contributed by atoms with Gasteiger partial charge in [-0.25, -0.2) is 31.2 Å². The van der Waals surface area contributed by atoms with Crippen molar-refractivity contribution in [1.29, 1.82) is 0 Å². The number of likely N-dealkylation sites (N-methyl/N-ethyl adjacent to an activating group) is 1. The van der Waals surface area contributed by atoms with E-state index in [0.717, 1.165) is 109 Å². The third-order valence-corrected chi connectivity index (χ3v) is 40.4. The predicted molar refractivity (Wildman–Crippen MR) is 561 cm³/mol. The maximum Gasteiger partial charge on any atom is 0.315 e. The number of piperidine rings is 3. The summed E-state index contributed by atoms with van der Waals surface area (Å²) in [5, 5.41) is 31.4. The molecular weight excluding hydrogens is 1960 g/mol. The fourth-order valence-corrected chi connectivity index (χ4v) is 28.9. The number of nitrogens with two attached hydrogens (primary N) is 1. The molecule has 0 radical (unpaired) electrons. The van der Waals surface area contributed by atoms with E-state index < -0.39 is 207 Å². The molecule has 13 rings (SSSR count). The second kappa shape index (κ2) is 48.0. The van der Waals surface area contributed by atoms with Crippen LogP contribution in [-0.2, 0) is 87.8 Å². The summed E-state index contributed by atoms with van der Waals surface area (Å²) in [4.78, 5) is 207. The summed E-state index contributed by atoms with van der Waals surface area (Å²) in [6, 6.07) is -11.7. The maximum atomic E-state index is 14.6. The Kier molecular flexibility index (Phi) is 38.8. The zero-order chi connectivity index (χ0) is 110. The van der Waals surface area contributed by atoms with Crippen LogP contribution in [0, 0.1) is 97.1 Å². The molecule has 148 heavy (non-hydrogen) atoms. The molecule has 6 heterocycles. The summed E-state index contributed by atoms with van der Waals surface area (Å²) in [6.45, 7) is 45.7. The van der Waals surface area contributed by atoms with E-state index in [1.165, 1.54) is 40.1 Å². The average molecular weight is 2140 g/mol. The lowest BCUT2D eigenvalue weighted by atomic mass is 9.80. The van der Waals surface area contributed by atoms with Gasteiger partial charge >= 0.3 is 18.1 Å². The lowest BCUT2D eigenvalue weighted by Crippen LogP contribution is -2.63. The number of amides is 15. The highest BCUT2D eigenvalue weighted by Crippen LogP contribution is 2.67. The molecule has 6 aliphatic heterocycles. The number of ketones is 3. The minimum absolute atomic E-state index is 0.0539. The third kappa shape index (κ3) is 28.7. The van der Waals surface area contributed by atoms with E-state index in [0.29, 0.717) is 97.3 Å². The van der Waals surface area contributed by atoms with Crippen LogP contribution in [0.4, 0.5) is 14.4 Å². The molecule has 18 atom stereocenters. The normalized spacial score (nSPS) is 27.2. The second-order valence-corrected chi connectivity index (χ2v) is 56.9. The average Bonchev–Trinajstić information content (AvgIpc) is 1.53. The molecule has 13 aliphatic rings. The number of unbranched alkanes of at least 4 members (excludes halogenated alkanes) is 1. The minimum atomic E-state index is -3.67. The van der Waals surface area contributed by atoms with E-state index in [1.54, 1.807) is 11.8 Å². The molecule has 7 saturated carbocycles. The van der Waals surface area contributed by atoms with E-state index in [-0.39, 0.29) is 119 Å². The molecule has 43 heteroatoms. The van der Waals surface area contributed by atoms with Crippen LogP contribution < -0.4 is 64.2 Å². The highest BCUT2D eigenvalue weighted by molar-refractivity contribution is 7.89. The molecule has 15 amide bonds. The number of hydrogen-bond donors (Lipinski definition) is 12. The molecule has 40 nitrogen and oxygen atoms in total. The number of carbonyl (C=O) groups excluding carboxylic acids is 15. The van der Waals surface area contributed by atoms with Gasteiger partial charge in [0.15, 0.2) is 0 Å². The quantitative estimate of drug-likeness (QED) is 0.0232. The van der Waals surface area contributed by atoms with Gasteiger partial charge in [0.2, 0.25) is 72.8 Å². The molecule has 3 unspecified atom stereocenters. The number of sulfonamides is 2. The van der Waals surface area contributed by atoms with Crippen LogP contribution in [0.1, 0.15) is 293 Å². The zero-order valence-electron chi connectivity index (χ0n) is 91.9. The van der Waals surface area contributed by atoms with Gasteiger partial charge in [-0.05, 0) is 175 Å². The molecule has 836 valence electrons. The number of primary amides is 1. The molecule has 0 spiro atoms. The number of carbonyl (C=O) groups is 15. The van der Waals surface area contributed by atoms with Gasteiger partial charge in [0.05, 0.1) is 29.6 Å². The molecule has 0 bridgehead atoms. The van der Waals surface area contributed by atoms with Crippen LogP contribution in [0.2, 0.25) is 0 Å². The monoisotopic (exact) mass is 2140 g/mol. The van der Waals surface area contributed by atoms with E-state index in [4.69, 9.17) is 5.73 Å². The van der Waals surface area contributed by atoms with E-state index >= 15 is 0 Å². The Morgan fingerprint density at radius 1 is 0.412 bits per heavy atom. The minimum Gasteiger partial charge on any atom is -0.363 e. The van der Waals surface area contributed by atoms with Gasteiger partial charge in [-0.15, -0.1) is 6.58 Å². The highest BCUT2D eigenvalue weighted by atomic mass is 32.2. The Labute approximate surface area is 878 Å². The van der Waals surface area contributed by atoms with Gasteiger partial charge in [0, 0.05) is 104 Å². The number of urea groups is 3. The van der Waals surface area contributed by atoms with Crippen LogP contribution in [0.3, 0.4) is 0 Å². The standard InChI is InChI=1S/C36H61N7O7S.C35H60N6O7S.C34H56N6O7S/c1-11-16-37-31(46)28(44)24(19-22-14-12-15-22)38-30(45)27-26-23(36(26,8)9)20-43(27)32(47)29(35(5,6)7)40-33(48)39-25(34(2,3)4)21-42-18-13-17-41(10)51(42,49)50;1-8-10-17-24(29(42)31(44)36-9-2)37-30(43)28-26-23(35(26,6)7)20-41(28)32(45)27(22-15-12-11-13-16-22)39-33(46)38-25(34(3,4)5)21-40-18-14-19-49(40,47)48;1-33(2,3)28(38-32(45)37-24(21-11-7-6-8-12-21)19-39-15-9-10-16-48(39,46)47)31(44)40-18-22-25(34(22,4)5)26(40)30(43)36-23(17-20-13-14-20)27(41)29(35)42/h11,22-27,29H,1,12-21H2,2-10H3,(H,37,46)(H,38,45)(H2,39,40,48);22-28H,8-21H2,1-7H3,(H,36,44)(H,37,43)(H2,38,39,46);20-26,28H,6-19H2,1-5H3,(H2,35,42)(H,36,43)(H2,37,38,45)/t23-,24?,25+,26-,27-,29+;23-,24?,25+,26-,27-,28-;22-,23?,24+,25-,26-,28+/m000/s1. The van der Waals surface area contributed by atoms with Gasteiger partial charge in [0.25, 0.3) is 27.9 Å². The first-order chi connectivity index (χ1) is 68.9. The SMILES string of the molecule is C=CCNC(=O)C(=O)C(CC1CCC1)NC(=O)[C@@H]1[C@@H]2[C@H](CN1C(=O)[C@@H](NC(=O)N[C@H](CN1CCCN(C)S1(=O)=O)C(C)(C)C)C(C)(C)C)C2(C)C.CC(C)(C)[C@H](NC(=O)N[C@H](CN1CCCCS1(=O)=O)C1CCCCC1)C(=O)N1C[C@H]2[C@@H]([C@H]1C(=O)NC(CC1CC1)C(=O)C(N)=O)C2(C)C.CCCCC(NC(=O)[C@@H]1[C@@H]2[C@H](CN1C(=O)[C@@H](NC(=O)N[C@H](CN1CCCS1(=O)=O)C(C)(C)C)C1CCCCC1)C2(C)C)C(=O)C(=O)NCC. The van der Waals surface area contributed by atoms with Crippen molar-refractivity contribution in [3.05, 3.63) is 12.7 Å². The third-order valence-electron chi connectivity index (χ3n) is 34.6. The fourth-order valence-electron chi connectivity index (χ4n) is 24.3. The maximum absolute atomic E-state index is 14.6. The van der Waals surface area contributed by atoms with E-state index in [2.05, 4.69) is 107 Å². The molecule has 0 aromatic carbocycles. The van der Waals surface area contributed by atoms with E-state index in [1.807, 2.05) is 90.0 Å². The summed E-state index contributed by atoms with van der Waals surface area (Å²) in [5.41, 5.74) is 2.25. The van der Waals surface area contributed by atoms with Crippen molar-refractivity contribution in [2.75, 3.05) is 97.1 Å². The summed E-state index contributed by atoms with van der Waals surface area (Å²) in [6.07, 6.45) is 20.6. The first-order valence-electron chi connectivity index (χ1n) is 54.7. The van der Waals surface area contributed by atoms with Crippen molar-refractivity contribution in [2.24, 2.45) is 103 Å². The number of hydrogen-bond acceptors (Lipinski definition) is 21. The largest absolute Gasteiger partial charge is 0.363 e. The molecule has 0 aromatic heterocycles. The summed E-state index contributed by atoms with van der Waals surface area (Å²) >= 11 is 0. The topological polar surface area (TPSA) is 539 Å². The predicted octanol–water partition coefficient (Wildman–Crippen LogP) is 6.47. The summed E-state index contributed by atoms with van der Waals surface area (Å²) in [5.74, 6) is -6.94.